The minimum Gasteiger partial charge on any atom is -0.274 e. The Morgan fingerprint density at radius 2 is 1.75 bits per heavy atom. The Kier molecular flexibility index (Phi) is 2.18. The first-order chi connectivity index (χ1) is 5.59. The lowest BCUT2D eigenvalue weighted by Crippen LogP contribution is -2.31. The molecule has 1 aliphatic rings. The van der Waals surface area contributed by atoms with E-state index >= 15 is 0 Å². The smallest absolute Gasteiger partial charge is 0.233 e. The summed E-state index contributed by atoms with van der Waals surface area (Å²) in [7, 11) is 0. The Labute approximate surface area is 71.7 Å². The predicted octanol–water partition coefficient (Wildman–Crippen LogP) is 0.261. The topological polar surface area (TPSA) is 37.4 Å². The Hall–Kier alpha value is -1.30. The molecule has 12 heavy (non-hydrogen) atoms. The molecule has 0 bridgehead atoms. The van der Waals surface area contributed by atoms with Crippen molar-refractivity contribution in [1.82, 2.24) is 4.90 Å². The molecule has 2 atom stereocenters. The van der Waals surface area contributed by atoms with Crippen LogP contribution in [-0.2, 0) is 9.59 Å². The molecule has 0 saturated carbocycles. The van der Waals surface area contributed by atoms with Crippen molar-refractivity contribution >= 4 is 11.8 Å². The van der Waals surface area contributed by atoms with Gasteiger partial charge in [-0.05, 0) is 0 Å². The van der Waals surface area contributed by atoms with Gasteiger partial charge in [0.2, 0.25) is 11.8 Å². The summed E-state index contributed by atoms with van der Waals surface area (Å²) in [5.41, 5.74) is 0. The quantitative estimate of drug-likeness (QED) is 0.413. The van der Waals surface area contributed by atoms with Crippen LogP contribution in [0.3, 0.4) is 0 Å². The number of carbonyl (C=O) groups is 2. The van der Waals surface area contributed by atoms with E-state index in [0.717, 1.165) is 4.90 Å². The summed E-state index contributed by atoms with van der Waals surface area (Å²) in [4.78, 5) is 23.8. The summed E-state index contributed by atoms with van der Waals surface area (Å²) in [6, 6.07) is 0. The normalized spacial score (nSPS) is 29.2. The molecule has 2 amide bonds. The molecule has 1 fully saturated rings. The predicted molar refractivity (Wildman–Crippen MR) is 43.9 cm³/mol. The zero-order chi connectivity index (χ0) is 9.30. The number of nitrogens with zero attached hydrogens (tertiary/aromatic N) is 1. The maximum atomic E-state index is 11.3. The van der Waals surface area contributed by atoms with Gasteiger partial charge in [0.1, 0.15) is 0 Å². The average molecular weight is 165 g/mol. The van der Waals surface area contributed by atoms with Gasteiger partial charge in [-0.3, -0.25) is 14.5 Å². The largest absolute Gasteiger partial charge is 0.274 e. The number of hydrogen-bond acceptors (Lipinski definition) is 2. The second kappa shape index (κ2) is 2.98. The van der Waals surface area contributed by atoms with E-state index in [1.165, 1.54) is 0 Å². The number of rotatable bonds is 1. The van der Waals surface area contributed by atoms with Gasteiger partial charge in [0.25, 0.3) is 0 Å². The molecule has 1 heterocycles. The zero-order valence-electron chi connectivity index (χ0n) is 7.20. The monoisotopic (exact) mass is 165 g/mol. The van der Waals surface area contributed by atoms with Crippen molar-refractivity contribution < 1.29 is 9.59 Å². The molecule has 1 saturated heterocycles. The third-order valence-electron chi connectivity index (χ3n) is 2.31. The number of terminal acetylenes is 1. The lowest BCUT2D eigenvalue weighted by atomic mass is 10.00. The van der Waals surface area contributed by atoms with Crippen molar-refractivity contribution in [3.8, 4) is 12.3 Å². The third kappa shape index (κ3) is 1.10. The van der Waals surface area contributed by atoms with E-state index in [2.05, 4.69) is 5.92 Å². The van der Waals surface area contributed by atoms with E-state index < -0.39 is 0 Å². The third-order valence-corrected chi connectivity index (χ3v) is 2.31. The van der Waals surface area contributed by atoms with Crippen LogP contribution in [0.15, 0.2) is 0 Å². The van der Waals surface area contributed by atoms with Gasteiger partial charge >= 0.3 is 0 Å². The van der Waals surface area contributed by atoms with Crippen LogP contribution in [0, 0.1) is 24.2 Å². The fourth-order valence-electron chi connectivity index (χ4n) is 1.28. The van der Waals surface area contributed by atoms with Crippen molar-refractivity contribution in [1.29, 1.82) is 0 Å². The molecule has 3 nitrogen and oxygen atoms in total. The van der Waals surface area contributed by atoms with E-state index in [4.69, 9.17) is 6.42 Å². The molecule has 0 spiro atoms. The number of carbonyl (C=O) groups excluding carboxylic acids is 2. The molecular formula is C9H11NO2. The summed E-state index contributed by atoms with van der Waals surface area (Å²) >= 11 is 0. The number of hydrogen-bond donors (Lipinski definition) is 0. The fourth-order valence-corrected chi connectivity index (χ4v) is 1.28. The number of amides is 2. The molecule has 0 aromatic carbocycles. The van der Waals surface area contributed by atoms with Crippen LogP contribution in [0.4, 0.5) is 0 Å². The lowest BCUT2D eigenvalue weighted by molar-refractivity contribution is -0.138. The second-order valence-corrected chi connectivity index (χ2v) is 3.04. The fraction of sp³-hybridized carbons (Fsp3) is 0.556. The lowest BCUT2D eigenvalue weighted by Gasteiger charge is -2.08. The van der Waals surface area contributed by atoms with Crippen molar-refractivity contribution in [2.75, 3.05) is 6.54 Å². The Morgan fingerprint density at radius 3 is 2.08 bits per heavy atom. The van der Waals surface area contributed by atoms with Crippen LogP contribution in [0.5, 0.6) is 0 Å². The van der Waals surface area contributed by atoms with Gasteiger partial charge in [-0.25, -0.2) is 0 Å². The maximum absolute atomic E-state index is 11.3. The van der Waals surface area contributed by atoms with Gasteiger partial charge in [-0.15, -0.1) is 6.42 Å². The van der Waals surface area contributed by atoms with Crippen LogP contribution in [-0.4, -0.2) is 23.3 Å². The SMILES string of the molecule is C#CCN1C(=O)C(C)C(C)C1=O. The standard InChI is InChI=1S/C9H11NO2/c1-4-5-10-8(11)6(2)7(3)9(10)12/h1,6-7H,5H2,2-3H3. The Balaban J connectivity index is 2.85. The first-order valence-electron chi connectivity index (χ1n) is 3.88. The highest BCUT2D eigenvalue weighted by Gasteiger charge is 2.41. The van der Waals surface area contributed by atoms with Crippen molar-refractivity contribution in [2.24, 2.45) is 11.8 Å². The van der Waals surface area contributed by atoms with E-state index in [1.807, 2.05) is 0 Å². The average Bonchev–Trinajstić information content (AvgIpc) is 2.23. The summed E-state index contributed by atoms with van der Waals surface area (Å²) in [6.07, 6.45) is 5.03. The molecule has 0 radical (unpaired) electrons. The number of imide groups is 1. The molecule has 0 aliphatic carbocycles. The highest BCUT2D eigenvalue weighted by Crippen LogP contribution is 2.24. The maximum Gasteiger partial charge on any atom is 0.233 e. The van der Waals surface area contributed by atoms with E-state index in [0.29, 0.717) is 0 Å². The van der Waals surface area contributed by atoms with Gasteiger partial charge in [0.15, 0.2) is 0 Å². The molecule has 3 heteroatoms. The molecule has 2 unspecified atom stereocenters. The molecule has 0 aromatic rings. The summed E-state index contributed by atoms with van der Waals surface area (Å²) in [5, 5.41) is 0. The van der Waals surface area contributed by atoms with Crippen LogP contribution >= 0.6 is 0 Å². The molecular weight excluding hydrogens is 154 g/mol. The van der Waals surface area contributed by atoms with Gasteiger partial charge < -0.3 is 0 Å². The van der Waals surface area contributed by atoms with Gasteiger partial charge in [-0.2, -0.15) is 0 Å². The molecule has 64 valence electrons. The Bertz CT molecular complexity index is 244. The minimum atomic E-state index is -0.217. The van der Waals surface area contributed by atoms with Crippen LogP contribution in [0.25, 0.3) is 0 Å². The highest BCUT2D eigenvalue weighted by molar-refractivity contribution is 6.04. The van der Waals surface area contributed by atoms with Crippen LogP contribution in [0.1, 0.15) is 13.8 Å². The van der Waals surface area contributed by atoms with E-state index in [-0.39, 0.29) is 30.2 Å². The van der Waals surface area contributed by atoms with Gasteiger partial charge in [-0.1, -0.05) is 19.8 Å². The molecule has 0 aromatic heterocycles. The van der Waals surface area contributed by atoms with E-state index in [9.17, 15) is 9.59 Å². The zero-order valence-corrected chi connectivity index (χ0v) is 7.20. The van der Waals surface area contributed by atoms with E-state index in [1.54, 1.807) is 13.8 Å². The summed E-state index contributed by atoms with van der Waals surface area (Å²) in [6.45, 7) is 3.61. The van der Waals surface area contributed by atoms with Crippen molar-refractivity contribution in [2.45, 2.75) is 13.8 Å². The summed E-state index contributed by atoms with van der Waals surface area (Å²) < 4.78 is 0. The van der Waals surface area contributed by atoms with Crippen molar-refractivity contribution in [3.05, 3.63) is 0 Å². The molecule has 1 rings (SSSR count). The number of likely N-dealkylation sites (tertiary alicyclic amines) is 1. The first-order valence-corrected chi connectivity index (χ1v) is 3.88. The second-order valence-electron chi connectivity index (χ2n) is 3.04. The minimum absolute atomic E-state index is 0.104. The van der Waals surface area contributed by atoms with Crippen LogP contribution in [0.2, 0.25) is 0 Å². The van der Waals surface area contributed by atoms with Crippen LogP contribution < -0.4 is 0 Å². The first kappa shape index (κ1) is 8.79. The highest BCUT2D eigenvalue weighted by atomic mass is 16.2. The van der Waals surface area contributed by atoms with Gasteiger partial charge in [0, 0.05) is 11.8 Å². The Morgan fingerprint density at radius 1 is 1.33 bits per heavy atom. The molecule has 0 N–H and O–H groups in total. The van der Waals surface area contributed by atoms with Crippen molar-refractivity contribution in [3.63, 3.8) is 0 Å². The molecule has 1 aliphatic heterocycles. The summed E-state index contributed by atoms with van der Waals surface area (Å²) in [5.74, 6) is 1.57. The van der Waals surface area contributed by atoms with Gasteiger partial charge in [0.05, 0.1) is 6.54 Å².